The van der Waals surface area contributed by atoms with Gasteiger partial charge in [0.15, 0.2) is 11.9 Å². The standard InChI is InChI=1S/C22H21ClF4N4O4/c23-14-7-5-13(6-8-14)20-29-31(21(35)30(20)11-18(33)22(25,26)27)12-19(34)28-17(9-10-32)15-3-1-2-4-16(15)24/h1-8,17-18,32-33H,9-12H2,(H,28,34)/t17?,18-/m0/s1. The second-order valence-corrected chi connectivity index (χ2v) is 8.03. The summed E-state index contributed by atoms with van der Waals surface area (Å²) in [5, 5.41) is 25.6. The smallest absolute Gasteiger partial charge is 0.396 e. The van der Waals surface area contributed by atoms with E-state index in [1.807, 2.05) is 0 Å². The summed E-state index contributed by atoms with van der Waals surface area (Å²) in [6, 6.07) is 10.4. The second kappa shape index (κ2) is 11.0. The van der Waals surface area contributed by atoms with Gasteiger partial charge in [0.25, 0.3) is 0 Å². The zero-order chi connectivity index (χ0) is 25.8. The number of carbonyl (C=O) groups excluding carboxylic acids is 1. The lowest BCUT2D eigenvalue weighted by atomic mass is 10.0. The van der Waals surface area contributed by atoms with Crippen molar-refractivity contribution in [3.63, 3.8) is 0 Å². The highest BCUT2D eigenvalue weighted by Gasteiger charge is 2.39. The Morgan fingerprint density at radius 3 is 2.40 bits per heavy atom. The van der Waals surface area contributed by atoms with Crippen molar-refractivity contribution in [2.24, 2.45) is 0 Å². The first-order valence-electron chi connectivity index (χ1n) is 10.3. The average Bonchev–Trinajstić information content (AvgIpc) is 3.09. The number of rotatable bonds is 9. The van der Waals surface area contributed by atoms with Crippen molar-refractivity contribution in [3.05, 3.63) is 75.4 Å². The van der Waals surface area contributed by atoms with Gasteiger partial charge in [-0.15, -0.1) is 5.10 Å². The molecule has 0 aliphatic carbocycles. The number of carbonyl (C=O) groups is 1. The van der Waals surface area contributed by atoms with Crippen LogP contribution in [0.5, 0.6) is 0 Å². The molecule has 3 N–H and O–H groups in total. The Balaban J connectivity index is 1.91. The van der Waals surface area contributed by atoms with E-state index in [0.717, 1.165) is 0 Å². The van der Waals surface area contributed by atoms with Crippen molar-refractivity contribution < 1.29 is 32.6 Å². The monoisotopic (exact) mass is 516 g/mol. The molecule has 0 fully saturated rings. The molecular formula is C22H21ClF4N4O4. The minimum absolute atomic E-state index is 0.0240. The Morgan fingerprint density at radius 2 is 1.80 bits per heavy atom. The van der Waals surface area contributed by atoms with E-state index in [1.54, 1.807) is 6.07 Å². The Morgan fingerprint density at radius 1 is 1.14 bits per heavy atom. The predicted molar refractivity (Wildman–Crippen MR) is 118 cm³/mol. The minimum atomic E-state index is -4.99. The van der Waals surface area contributed by atoms with Crippen LogP contribution in [0.15, 0.2) is 53.3 Å². The molecule has 0 spiro atoms. The minimum Gasteiger partial charge on any atom is -0.396 e. The first kappa shape index (κ1) is 26.4. The van der Waals surface area contributed by atoms with E-state index in [2.05, 4.69) is 10.4 Å². The summed E-state index contributed by atoms with van der Waals surface area (Å²) < 4.78 is 54.3. The molecular weight excluding hydrogens is 496 g/mol. The van der Waals surface area contributed by atoms with Crippen molar-refractivity contribution in [1.82, 2.24) is 19.7 Å². The molecule has 2 atom stereocenters. The summed E-state index contributed by atoms with van der Waals surface area (Å²) in [5.74, 6) is -1.62. The molecule has 1 heterocycles. The first-order chi connectivity index (χ1) is 16.5. The van der Waals surface area contributed by atoms with Gasteiger partial charge in [-0.25, -0.2) is 13.9 Å². The third-order valence-electron chi connectivity index (χ3n) is 5.09. The van der Waals surface area contributed by atoms with Gasteiger partial charge in [0, 0.05) is 22.8 Å². The van der Waals surface area contributed by atoms with Crippen LogP contribution in [-0.2, 0) is 17.9 Å². The highest BCUT2D eigenvalue weighted by atomic mass is 35.5. The van der Waals surface area contributed by atoms with Crippen molar-refractivity contribution in [2.75, 3.05) is 6.61 Å². The first-order valence-corrected chi connectivity index (χ1v) is 10.7. The van der Waals surface area contributed by atoms with Crippen molar-refractivity contribution in [1.29, 1.82) is 0 Å². The number of aliphatic hydroxyl groups excluding tert-OH is 2. The van der Waals surface area contributed by atoms with Crippen LogP contribution in [0.3, 0.4) is 0 Å². The van der Waals surface area contributed by atoms with Crippen molar-refractivity contribution in [2.45, 2.75) is 37.8 Å². The number of aromatic nitrogens is 3. The summed E-state index contributed by atoms with van der Waals surface area (Å²) in [6.07, 6.45) is -7.87. The molecule has 1 amide bonds. The zero-order valence-corrected chi connectivity index (χ0v) is 18.8. The molecule has 0 bridgehead atoms. The number of amides is 1. The topological polar surface area (TPSA) is 109 Å². The van der Waals surface area contributed by atoms with Gasteiger partial charge in [-0.1, -0.05) is 29.8 Å². The lowest BCUT2D eigenvalue weighted by molar-refractivity contribution is -0.207. The van der Waals surface area contributed by atoms with Gasteiger partial charge in [0.05, 0.1) is 12.6 Å². The highest BCUT2D eigenvalue weighted by molar-refractivity contribution is 6.30. The number of nitrogens with zero attached hydrogens (tertiary/aromatic N) is 3. The van der Waals surface area contributed by atoms with Crippen LogP contribution < -0.4 is 11.0 Å². The fraction of sp³-hybridized carbons (Fsp3) is 0.318. The van der Waals surface area contributed by atoms with Gasteiger partial charge in [0.2, 0.25) is 5.91 Å². The van der Waals surface area contributed by atoms with Crippen molar-refractivity contribution >= 4 is 17.5 Å². The molecule has 8 nitrogen and oxygen atoms in total. The Bertz CT molecular complexity index is 1230. The fourth-order valence-electron chi connectivity index (χ4n) is 3.37. The molecule has 13 heteroatoms. The number of hydrogen-bond acceptors (Lipinski definition) is 5. The van der Waals surface area contributed by atoms with E-state index >= 15 is 0 Å². The molecule has 0 aliphatic heterocycles. The van der Waals surface area contributed by atoms with Gasteiger partial charge in [-0.3, -0.25) is 9.36 Å². The maximum atomic E-state index is 14.2. The quantitative estimate of drug-likeness (QED) is 0.379. The lowest BCUT2D eigenvalue weighted by Gasteiger charge is -2.18. The van der Waals surface area contributed by atoms with Crippen LogP contribution in [0, 0.1) is 5.82 Å². The number of alkyl halides is 3. The molecule has 188 valence electrons. The maximum Gasteiger partial charge on any atom is 0.416 e. The highest BCUT2D eigenvalue weighted by Crippen LogP contribution is 2.24. The normalized spacial score (nSPS) is 13.5. The third-order valence-corrected chi connectivity index (χ3v) is 5.34. The molecule has 1 unspecified atom stereocenters. The fourth-order valence-corrected chi connectivity index (χ4v) is 3.49. The second-order valence-electron chi connectivity index (χ2n) is 7.59. The lowest BCUT2D eigenvalue weighted by Crippen LogP contribution is -2.39. The molecule has 35 heavy (non-hydrogen) atoms. The Kier molecular flexibility index (Phi) is 8.30. The van der Waals surface area contributed by atoms with Gasteiger partial charge >= 0.3 is 11.9 Å². The summed E-state index contributed by atoms with van der Waals surface area (Å²) in [5.41, 5.74) is -0.731. The van der Waals surface area contributed by atoms with E-state index in [4.69, 9.17) is 11.6 Å². The largest absolute Gasteiger partial charge is 0.416 e. The van der Waals surface area contributed by atoms with Crippen LogP contribution in [0.2, 0.25) is 5.02 Å². The predicted octanol–water partition coefficient (Wildman–Crippen LogP) is 2.67. The van der Waals surface area contributed by atoms with E-state index in [9.17, 15) is 37.4 Å². The van der Waals surface area contributed by atoms with E-state index in [1.165, 1.54) is 42.5 Å². The van der Waals surface area contributed by atoms with Gasteiger partial charge < -0.3 is 15.5 Å². The van der Waals surface area contributed by atoms with Crippen LogP contribution in [0.4, 0.5) is 17.6 Å². The molecule has 3 aromatic rings. The Hall–Kier alpha value is -3.22. The zero-order valence-electron chi connectivity index (χ0n) is 18.0. The number of nitrogens with one attached hydrogen (secondary N) is 1. The molecule has 3 rings (SSSR count). The molecule has 1 aromatic heterocycles. The number of aliphatic hydroxyl groups is 2. The molecule has 0 saturated heterocycles. The van der Waals surface area contributed by atoms with Crippen molar-refractivity contribution in [3.8, 4) is 11.4 Å². The van der Waals surface area contributed by atoms with E-state index < -0.39 is 48.8 Å². The van der Waals surface area contributed by atoms with E-state index in [-0.39, 0.29) is 30.0 Å². The third kappa shape index (κ3) is 6.47. The SMILES string of the molecule is O=C(Cn1nc(-c2ccc(Cl)cc2)n(C[C@H](O)C(F)(F)F)c1=O)NC(CCO)c1ccccc1F. The summed E-state index contributed by atoms with van der Waals surface area (Å²) in [6.45, 7) is -2.22. The van der Waals surface area contributed by atoms with E-state index in [0.29, 0.717) is 14.3 Å². The van der Waals surface area contributed by atoms with Gasteiger partial charge in [-0.2, -0.15) is 13.2 Å². The molecule has 0 radical (unpaired) electrons. The molecule has 0 saturated carbocycles. The summed E-state index contributed by atoms with van der Waals surface area (Å²) >= 11 is 5.84. The van der Waals surface area contributed by atoms with Crippen LogP contribution in [-0.4, -0.2) is 49.4 Å². The average molecular weight is 517 g/mol. The van der Waals surface area contributed by atoms with Crippen LogP contribution in [0.1, 0.15) is 18.0 Å². The van der Waals surface area contributed by atoms with Crippen LogP contribution >= 0.6 is 11.6 Å². The number of benzene rings is 2. The molecule has 2 aromatic carbocycles. The summed E-state index contributed by atoms with van der Waals surface area (Å²) in [7, 11) is 0. The Labute approximate surface area is 201 Å². The summed E-state index contributed by atoms with van der Waals surface area (Å²) in [4.78, 5) is 25.5. The number of halogens is 5. The van der Waals surface area contributed by atoms with Gasteiger partial charge in [0.1, 0.15) is 12.4 Å². The maximum absolute atomic E-state index is 14.2. The molecule has 0 aliphatic rings. The van der Waals surface area contributed by atoms with Gasteiger partial charge in [-0.05, 0) is 36.8 Å². The number of hydrogen-bond donors (Lipinski definition) is 3. The van der Waals surface area contributed by atoms with Crippen LogP contribution in [0.25, 0.3) is 11.4 Å².